The number of rotatable bonds is 15. The largest absolute Gasteiger partial charge is 1.00 e. The quantitative estimate of drug-likeness (QED) is 0.322. The third-order valence-electron chi connectivity index (χ3n) is 3.91. The van der Waals surface area contributed by atoms with E-state index in [1.807, 2.05) is 0 Å². The molecule has 0 atom stereocenters. The second kappa shape index (κ2) is 19.2. The first kappa shape index (κ1) is 22.5. The molecule has 0 saturated carbocycles. The highest BCUT2D eigenvalue weighted by molar-refractivity contribution is 4.49. The lowest BCUT2D eigenvalue weighted by molar-refractivity contribution is -0.0557. The van der Waals surface area contributed by atoms with Crippen molar-refractivity contribution in [1.82, 2.24) is 0 Å². The van der Waals surface area contributed by atoms with Crippen LogP contribution >= 0.6 is 0 Å². The molecule has 0 unspecified atom stereocenters. The van der Waals surface area contributed by atoms with Crippen molar-refractivity contribution in [2.24, 2.45) is 0 Å². The molecule has 124 valence electrons. The van der Waals surface area contributed by atoms with Crippen LogP contribution in [0.15, 0.2) is 0 Å². The van der Waals surface area contributed by atoms with Crippen LogP contribution < -0.4 is 12.4 Å². The first-order valence-electron chi connectivity index (χ1n) is 8.81. The predicted molar refractivity (Wildman–Crippen MR) is 88.1 cm³/mol. The van der Waals surface area contributed by atoms with E-state index in [2.05, 4.69) is 25.5 Å². The number of hydrogen-bond donors (Lipinski definition) is 0. The Bertz CT molecular complexity index is 159. The molecule has 0 amide bonds. The van der Waals surface area contributed by atoms with E-state index < -0.39 is 0 Å². The minimum absolute atomic E-state index is 0. The van der Waals surface area contributed by atoms with Gasteiger partial charge in [-0.2, -0.15) is 0 Å². The van der Waals surface area contributed by atoms with E-state index in [9.17, 15) is 0 Å². The van der Waals surface area contributed by atoms with Crippen LogP contribution in [0.5, 0.6) is 0 Å². The lowest BCUT2D eigenvalue weighted by atomic mass is 10.0. The van der Waals surface area contributed by atoms with Gasteiger partial charge in [0.15, 0.2) is 0 Å². The molecular formula is C18H39ClO. The van der Waals surface area contributed by atoms with E-state index in [0.29, 0.717) is 0 Å². The highest BCUT2D eigenvalue weighted by atomic mass is 35.5. The Morgan fingerprint density at radius 3 is 1.10 bits per heavy atom. The van der Waals surface area contributed by atoms with Crippen LogP contribution in [0, 0.1) is 0 Å². The molecule has 0 heterocycles. The third-order valence-corrected chi connectivity index (χ3v) is 3.91. The van der Waals surface area contributed by atoms with Crippen LogP contribution in [0.25, 0.3) is 0 Å². The number of halogens is 1. The zero-order valence-electron chi connectivity index (χ0n) is 14.4. The van der Waals surface area contributed by atoms with Gasteiger partial charge in [-0.3, -0.25) is 0 Å². The first-order valence-corrected chi connectivity index (χ1v) is 8.81. The van der Waals surface area contributed by atoms with Gasteiger partial charge < -0.3 is 16.8 Å². The maximum Gasteiger partial charge on any atom is 0.145 e. The Labute approximate surface area is 135 Å². The third kappa shape index (κ3) is 20.6. The summed E-state index contributed by atoms with van der Waals surface area (Å²) in [6, 6.07) is 0. The van der Waals surface area contributed by atoms with Crippen molar-refractivity contribution in [3.05, 3.63) is 0 Å². The van der Waals surface area contributed by atoms with Crippen molar-refractivity contribution < 1.29 is 16.8 Å². The molecule has 0 aliphatic heterocycles. The van der Waals surface area contributed by atoms with E-state index in [1.165, 1.54) is 96.5 Å². The second-order valence-corrected chi connectivity index (χ2v) is 6.29. The molecule has 0 aromatic rings. The zero-order valence-corrected chi connectivity index (χ0v) is 15.1. The summed E-state index contributed by atoms with van der Waals surface area (Å²) in [5.74, 6) is 0. The van der Waals surface area contributed by atoms with Crippen molar-refractivity contribution in [2.45, 2.75) is 96.8 Å². The molecule has 0 spiro atoms. The van der Waals surface area contributed by atoms with Gasteiger partial charge in [-0.1, -0.05) is 84.0 Å². The van der Waals surface area contributed by atoms with Crippen LogP contribution in [0.2, 0.25) is 0 Å². The van der Waals surface area contributed by atoms with Gasteiger partial charge in [-0.25, -0.2) is 0 Å². The summed E-state index contributed by atoms with van der Waals surface area (Å²) in [6.45, 7) is 3.47. The zero-order chi connectivity index (χ0) is 14.2. The van der Waals surface area contributed by atoms with Crippen LogP contribution in [-0.4, -0.2) is 20.8 Å². The molecule has 1 nitrogen and oxygen atoms in total. The Morgan fingerprint density at radius 1 is 0.500 bits per heavy atom. The molecule has 0 radical (unpaired) electrons. The monoisotopic (exact) mass is 306 g/mol. The summed E-state index contributed by atoms with van der Waals surface area (Å²) in [6.07, 6.45) is 20.2. The van der Waals surface area contributed by atoms with Crippen LogP contribution in [0.1, 0.15) is 96.8 Å². The minimum atomic E-state index is 0. The molecule has 0 aliphatic rings. The summed E-state index contributed by atoms with van der Waals surface area (Å²) in [5, 5.41) is 0. The molecule has 2 heteroatoms. The van der Waals surface area contributed by atoms with E-state index in [1.54, 1.807) is 0 Å². The fourth-order valence-electron chi connectivity index (χ4n) is 2.59. The fourth-order valence-corrected chi connectivity index (χ4v) is 2.59. The number of unbranched alkanes of at least 4 members (excludes halogenated alkanes) is 13. The molecular weight excluding hydrogens is 268 g/mol. The average molecular weight is 307 g/mol. The van der Waals surface area contributed by atoms with Gasteiger partial charge in [0, 0.05) is 6.42 Å². The maximum atomic E-state index is 2.99. The van der Waals surface area contributed by atoms with Gasteiger partial charge in [0.1, 0.15) is 20.8 Å². The van der Waals surface area contributed by atoms with E-state index >= 15 is 0 Å². The molecule has 0 saturated heterocycles. The smallest absolute Gasteiger partial charge is 0.145 e. The molecule has 20 heavy (non-hydrogen) atoms. The summed E-state index contributed by atoms with van der Waals surface area (Å²) in [5.41, 5.74) is 0. The van der Waals surface area contributed by atoms with Gasteiger partial charge >= 0.3 is 0 Å². The second-order valence-electron chi connectivity index (χ2n) is 6.29. The fraction of sp³-hybridized carbons (Fsp3) is 1.00. The molecule has 0 rings (SSSR count). The van der Waals surface area contributed by atoms with E-state index in [-0.39, 0.29) is 12.4 Å². The maximum absolute atomic E-state index is 2.99. The SMILES string of the molecule is CCCCCCCCCCCCCCCC[O+](C)C.[Cl-]. The van der Waals surface area contributed by atoms with Gasteiger partial charge in [0.2, 0.25) is 0 Å². The Balaban J connectivity index is 0. The first-order chi connectivity index (χ1) is 9.27. The van der Waals surface area contributed by atoms with Crippen LogP contribution in [-0.2, 0) is 4.37 Å². The van der Waals surface area contributed by atoms with Crippen molar-refractivity contribution in [3.8, 4) is 0 Å². The Hall–Kier alpha value is 0.250. The average Bonchev–Trinajstić information content (AvgIpc) is 2.39. The molecule has 0 aromatic heterocycles. The van der Waals surface area contributed by atoms with Crippen molar-refractivity contribution >= 4 is 0 Å². The van der Waals surface area contributed by atoms with Crippen LogP contribution in [0.4, 0.5) is 0 Å². The molecule has 0 fully saturated rings. The van der Waals surface area contributed by atoms with E-state index in [0.717, 1.165) is 0 Å². The highest BCUT2D eigenvalue weighted by Gasteiger charge is 1.96. The summed E-state index contributed by atoms with van der Waals surface area (Å²) < 4.78 is 2.99. The summed E-state index contributed by atoms with van der Waals surface area (Å²) in [4.78, 5) is 0. The van der Waals surface area contributed by atoms with Gasteiger partial charge in [-0.05, 0) is 6.42 Å². The lowest BCUT2D eigenvalue weighted by Crippen LogP contribution is -3.00. The van der Waals surface area contributed by atoms with Crippen molar-refractivity contribution in [3.63, 3.8) is 0 Å². The van der Waals surface area contributed by atoms with Crippen molar-refractivity contribution in [2.75, 3.05) is 20.8 Å². The number of hydrogen-bond acceptors (Lipinski definition) is 0. The topological polar surface area (TPSA) is 2.70 Å². The molecule has 0 bridgehead atoms. The van der Waals surface area contributed by atoms with Gasteiger partial charge in [-0.15, -0.1) is 0 Å². The van der Waals surface area contributed by atoms with Gasteiger partial charge in [0.25, 0.3) is 0 Å². The lowest BCUT2D eigenvalue weighted by Gasteiger charge is -2.06. The summed E-state index contributed by atoms with van der Waals surface area (Å²) >= 11 is 0. The normalized spacial score (nSPS) is 10.8. The predicted octanol–water partition coefficient (Wildman–Crippen LogP) is 3.28. The van der Waals surface area contributed by atoms with E-state index in [4.69, 9.17) is 0 Å². The Morgan fingerprint density at radius 2 is 0.800 bits per heavy atom. The summed E-state index contributed by atoms with van der Waals surface area (Å²) in [7, 11) is 4.17. The molecule has 0 aromatic carbocycles. The standard InChI is InChI=1S/C18H39O.ClH/c1-4-5-6-7-8-9-10-11-12-13-14-15-16-17-18-19(2)3;/h4-18H2,1-3H3;1H/q+1;/p-1. The molecule has 0 aliphatic carbocycles. The molecule has 0 N–H and O–H groups in total. The van der Waals surface area contributed by atoms with Gasteiger partial charge in [0.05, 0.1) is 0 Å². The van der Waals surface area contributed by atoms with Crippen LogP contribution in [0.3, 0.4) is 0 Å². The minimum Gasteiger partial charge on any atom is -1.00 e. The Kier molecular flexibility index (Phi) is 21.7. The highest BCUT2D eigenvalue weighted by Crippen LogP contribution is 2.12. The van der Waals surface area contributed by atoms with Crippen molar-refractivity contribution in [1.29, 1.82) is 0 Å².